The van der Waals surface area contributed by atoms with Crippen LogP contribution in [0, 0.1) is 5.92 Å². The highest BCUT2D eigenvalue weighted by Gasteiger charge is 2.16. The molecule has 0 aliphatic heterocycles. The first-order valence-corrected chi connectivity index (χ1v) is 5.84. The zero-order valence-electron chi connectivity index (χ0n) is 9.92. The highest BCUT2D eigenvalue weighted by molar-refractivity contribution is 5.86. The molecule has 0 fully saturated rings. The third kappa shape index (κ3) is 7.25. The molecule has 1 unspecified atom stereocenters. The van der Waals surface area contributed by atoms with Crippen LogP contribution in [0.1, 0.15) is 52.4 Å². The molecule has 0 spiro atoms. The smallest absolute Gasteiger partial charge is 0.133 e. The Balaban J connectivity index is 3.84. The van der Waals surface area contributed by atoms with E-state index in [1.807, 2.05) is 0 Å². The van der Waals surface area contributed by atoms with Crippen molar-refractivity contribution in [2.45, 2.75) is 52.4 Å². The lowest BCUT2D eigenvalue weighted by atomic mass is 9.93. The Morgan fingerprint density at radius 1 is 1.27 bits per heavy atom. The van der Waals surface area contributed by atoms with Crippen LogP contribution >= 0.6 is 0 Å². The molecule has 88 valence electrons. The average molecular weight is 213 g/mol. The Hall–Kier alpha value is -0.700. The second kappa shape index (κ2) is 8.60. The number of hydrogen-bond donors (Lipinski definition) is 1. The molecule has 0 aliphatic rings. The standard InChI is InChI=1S/C12H23NO2/c1-3-4-5-6-12(15)9-11(7-8-13)10(2)14/h11H,3-9,13H2,1-2H3. The normalized spacial score (nSPS) is 12.5. The van der Waals surface area contributed by atoms with Crippen LogP contribution in [0.5, 0.6) is 0 Å². The van der Waals surface area contributed by atoms with E-state index in [2.05, 4.69) is 6.92 Å². The third-order valence-electron chi connectivity index (χ3n) is 2.62. The maximum atomic E-state index is 11.5. The van der Waals surface area contributed by atoms with Crippen molar-refractivity contribution in [3.05, 3.63) is 0 Å². The number of ketones is 2. The number of Topliss-reactive ketones (excluding diaryl/α,β-unsaturated/α-hetero) is 2. The Morgan fingerprint density at radius 3 is 2.40 bits per heavy atom. The first-order valence-electron chi connectivity index (χ1n) is 5.84. The SMILES string of the molecule is CCCCCC(=O)CC(CCN)C(C)=O. The Morgan fingerprint density at radius 2 is 1.93 bits per heavy atom. The van der Waals surface area contributed by atoms with Gasteiger partial charge in [0.25, 0.3) is 0 Å². The van der Waals surface area contributed by atoms with Crippen LogP contribution in [0.2, 0.25) is 0 Å². The number of rotatable bonds is 9. The van der Waals surface area contributed by atoms with Crippen LogP contribution in [0.3, 0.4) is 0 Å². The molecule has 3 nitrogen and oxygen atoms in total. The van der Waals surface area contributed by atoms with Crippen LogP contribution < -0.4 is 5.73 Å². The summed E-state index contributed by atoms with van der Waals surface area (Å²) in [6, 6.07) is 0. The molecular weight excluding hydrogens is 190 g/mol. The van der Waals surface area contributed by atoms with Gasteiger partial charge in [-0.05, 0) is 26.3 Å². The number of nitrogens with two attached hydrogens (primary N) is 1. The van der Waals surface area contributed by atoms with Crippen LogP contribution in [-0.2, 0) is 9.59 Å². The van der Waals surface area contributed by atoms with Gasteiger partial charge in [-0.2, -0.15) is 0 Å². The second-order valence-corrected chi connectivity index (χ2v) is 4.08. The molecule has 0 aliphatic carbocycles. The molecule has 3 heteroatoms. The predicted octanol–water partition coefficient (Wildman–Crippen LogP) is 2.08. The predicted molar refractivity (Wildman–Crippen MR) is 61.6 cm³/mol. The molecule has 0 radical (unpaired) electrons. The molecule has 0 amide bonds. The van der Waals surface area contributed by atoms with E-state index in [9.17, 15) is 9.59 Å². The van der Waals surface area contributed by atoms with E-state index in [0.29, 0.717) is 25.8 Å². The number of hydrogen-bond acceptors (Lipinski definition) is 3. The first kappa shape index (κ1) is 14.3. The molecule has 0 bridgehead atoms. The lowest BCUT2D eigenvalue weighted by molar-refractivity contribution is -0.127. The third-order valence-corrected chi connectivity index (χ3v) is 2.62. The van der Waals surface area contributed by atoms with Crippen molar-refractivity contribution < 1.29 is 9.59 Å². The van der Waals surface area contributed by atoms with Crippen molar-refractivity contribution >= 4 is 11.6 Å². The molecule has 0 aromatic heterocycles. The summed E-state index contributed by atoms with van der Waals surface area (Å²) in [6.07, 6.45) is 4.79. The minimum Gasteiger partial charge on any atom is -0.330 e. The second-order valence-electron chi connectivity index (χ2n) is 4.08. The minimum absolute atomic E-state index is 0.0873. The Labute approximate surface area is 92.4 Å². The molecule has 0 saturated heterocycles. The molecule has 0 aromatic rings. The topological polar surface area (TPSA) is 60.2 Å². The van der Waals surface area contributed by atoms with Crippen molar-refractivity contribution in [3.8, 4) is 0 Å². The van der Waals surface area contributed by atoms with Crippen LogP contribution in [-0.4, -0.2) is 18.1 Å². The summed E-state index contributed by atoms with van der Waals surface area (Å²) in [5.74, 6) is 0.144. The summed E-state index contributed by atoms with van der Waals surface area (Å²) in [4.78, 5) is 22.7. The van der Waals surface area contributed by atoms with Gasteiger partial charge in [0.15, 0.2) is 0 Å². The van der Waals surface area contributed by atoms with Crippen molar-refractivity contribution in [1.82, 2.24) is 0 Å². The van der Waals surface area contributed by atoms with E-state index in [-0.39, 0.29) is 17.5 Å². The largest absolute Gasteiger partial charge is 0.330 e. The fourth-order valence-electron chi connectivity index (χ4n) is 1.60. The van der Waals surface area contributed by atoms with Gasteiger partial charge >= 0.3 is 0 Å². The van der Waals surface area contributed by atoms with Gasteiger partial charge < -0.3 is 5.73 Å². The molecule has 0 heterocycles. The summed E-state index contributed by atoms with van der Waals surface area (Å²) in [5.41, 5.74) is 5.40. The quantitative estimate of drug-likeness (QED) is 0.596. The van der Waals surface area contributed by atoms with Gasteiger partial charge in [-0.25, -0.2) is 0 Å². The Kier molecular flexibility index (Phi) is 8.19. The molecule has 15 heavy (non-hydrogen) atoms. The van der Waals surface area contributed by atoms with Gasteiger partial charge in [-0.1, -0.05) is 19.8 Å². The average Bonchev–Trinajstić information content (AvgIpc) is 2.17. The van der Waals surface area contributed by atoms with Gasteiger partial charge in [-0.15, -0.1) is 0 Å². The van der Waals surface area contributed by atoms with Gasteiger partial charge in [0.05, 0.1) is 0 Å². The summed E-state index contributed by atoms with van der Waals surface area (Å²) in [7, 11) is 0. The minimum atomic E-state index is -0.149. The summed E-state index contributed by atoms with van der Waals surface area (Å²) in [6.45, 7) is 4.13. The zero-order valence-corrected chi connectivity index (χ0v) is 9.92. The van der Waals surface area contributed by atoms with E-state index in [1.54, 1.807) is 6.92 Å². The van der Waals surface area contributed by atoms with Gasteiger partial charge in [0.1, 0.15) is 11.6 Å². The molecule has 0 aromatic carbocycles. The van der Waals surface area contributed by atoms with Crippen LogP contribution in [0.25, 0.3) is 0 Å². The monoisotopic (exact) mass is 213 g/mol. The maximum absolute atomic E-state index is 11.5. The molecule has 2 N–H and O–H groups in total. The highest BCUT2D eigenvalue weighted by atomic mass is 16.1. The van der Waals surface area contributed by atoms with Crippen LogP contribution in [0.15, 0.2) is 0 Å². The summed E-state index contributed by atoms with van der Waals surface area (Å²) < 4.78 is 0. The highest BCUT2D eigenvalue weighted by Crippen LogP contribution is 2.12. The van der Waals surface area contributed by atoms with E-state index in [0.717, 1.165) is 19.3 Å². The number of carbonyl (C=O) groups excluding carboxylic acids is 2. The lowest BCUT2D eigenvalue weighted by Crippen LogP contribution is -2.19. The number of unbranched alkanes of at least 4 members (excludes halogenated alkanes) is 2. The van der Waals surface area contributed by atoms with E-state index >= 15 is 0 Å². The van der Waals surface area contributed by atoms with E-state index in [4.69, 9.17) is 5.73 Å². The molecule has 1 atom stereocenters. The zero-order chi connectivity index (χ0) is 11.7. The van der Waals surface area contributed by atoms with Crippen molar-refractivity contribution in [1.29, 1.82) is 0 Å². The fourth-order valence-corrected chi connectivity index (χ4v) is 1.60. The number of carbonyl (C=O) groups is 2. The van der Waals surface area contributed by atoms with Crippen LogP contribution in [0.4, 0.5) is 0 Å². The molecular formula is C12H23NO2. The van der Waals surface area contributed by atoms with Gasteiger partial charge in [0.2, 0.25) is 0 Å². The lowest BCUT2D eigenvalue weighted by Gasteiger charge is -2.11. The van der Waals surface area contributed by atoms with Gasteiger partial charge in [0, 0.05) is 18.8 Å². The maximum Gasteiger partial charge on any atom is 0.133 e. The molecule has 0 rings (SSSR count). The first-order chi connectivity index (χ1) is 7.11. The molecule has 0 saturated carbocycles. The van der Waals surface area contributed by atoms with Crippen molar-refractivity contribution in [2.75, 3.05) is 6.54 Å². The van der Waals surface area contributed by atoms with E-state index in [1.165, 1.54) is 0 Å². The van der Waals surface area contributed by atoms with Gasteiger partial charge in [-0.3, -0.25) is 9.59 Å². The van der Waals surface area contributed by atoms with Crippen molar-refractivity contribution in [3.63, 3.8) is 0 Å². The summed E-state index contributed by atoms with van der Waals surface area (Å²) >= 11 is 0. The Bertz CT molecular complexity index is 202. The summed E-state index contributed by atoms with van der Waals surface area (Å²) in [5, 5.41) is 0. The van der Waals surface area contributed by atoms with E-state index < -0.39 is 0 Å². The van der Waals surface area contributed by atoms with Crippen molar-refractivity contribution in [2.24, 2.45) is 11.7 Å². The fraction of sp³-hybridized carbons (Fsp3) is 0.833.